The Morgan fingerprint density at radius 2 is 2.23 bits per heavy atom. The summed E-state index contributed by atoms with van der Waals surface area (Å²) in [6.07, 6.45) is 3.89. The van der Waals surface area contributed by atoms with Crippen molar-refractivity contribution < 1.29 is 9.90 Å². The molecule has 13 heavy (non-hydrogen) atoms. The van der Waals surface area contributed by atoms with Crippen LogP contribution in [0.15, 0.2) is 0 Å². The molecule has 76 valence electrons. The molecule has 0 aromatic rings. The standard InChI is InChI=1S/C10H19NO2/c1-3-6-11(9-4-5-9)8(2)7-10(12)13/h8-9H,3-7H2,1-2H3,(H,12,13). The van der Waals surface area contributed by atoms with Crippen molar-refractivity contribution in [1.82, 2.24) is 4.90 Å². The number of hydrogen-bond donors (Lipinski definition) is 1. The van der Waals surface area contributed by atoms with Crippen LogP contribution in [0.2, 0.25) is 0 Å². The summed E-state index contributed by atoms with van der Waals surface area (Å²) in [6, 6.07) is 0.874. The van der Waals surface area contributed by atoms with Crippen molar-refractivity contribution in [3.63, 3.8) is 0 Å². The number of hydrogen-bond acceptors (Lipinski definition) is 2. The first-order valence-electron chi connectivity index (χ1n) is 5.12. The van der Waals surface area contributed by atoms with Gasteiger partial charge in [0.05, 0.1) is 6.42 Å². The lowest BCUT2D eigenvalue weighted by molar-refractivity contribution is -0.138. The predicted molar refractivity (Wildman–Crippen MR) is 51.7 cm³/mol. The molecule has 0 spiro atoms. The Bertz CT molecular complexity index is 178. The molecule has 0 amide bonds. The van der Waals surface area contributed by atoms with Crippen LogP contribution >= 0.6 is 0 Å². The highest BCUT2D eigenvalue weighted by molar-refractivity contribution is 5.67. The van der Waals surface area contributed by atoms with E-state index in [1.165, 1.54) is 12.8 Å². The Balaban J connectivity index is 2.37. The van der Waals surface area contributed by atoms with Crippen molar-refractivity contribution in [2.75, 3.05) is 6.54 Å². The normalized spacial score (nSPS) is 19.0. The van der Waals surface area contributed by atoms with E-state index in [4.69, 9.17) is 5.11 Å². The minimum Gasteiger partial charge on any atom is -0.481 e. The number of aliphatic carboxylic acids is 1. The molecule has 1 saturated carbocycles. The van der Waals surface area contributed by atoms with Crippen LogP contribution in [-0.2, 0) is 4.79 Å². The second-order valence-corrected chi connectivity index (χ2v) is 3.92. The van der Waals surface area contributed by atoms with Crippen LogP contribution in [0.1, 0.15) is 39.5 Å². The van der Waals surface area contributed by atoms with Crippen molar-refractivity contribution >= 4 is 5.97 Å². The van der Waals surface area contributed by atoms with Gasteiger partial charge < -0.3 is 5.11 Å². The zero-order valence-electron chi connectivity index (χ0n) is 8.49. The largest absolute Gasteiger partial charge is 0.481 e. The van der Waals surface area contributed by atoms with Gasteiger partial charge in [0.15, 0.2) is 0 Å². The average molecular weight is 185 g/mol. The lowest BCUT2D eigenvalue weighted by Gasteiger charge is -2.27. The van der Waals surface area contributed by atoms with Gasteiger partial charge in [0, 0.05) is 12.1 Å². The van der Waals surface area contributed by atoms with Crippen LogP contribution in [0.3, 0.4) is 0 Å². The second-order valence-electron chi connectivity index (χ2n) is 3.92. The number of carboxylic acids is 1. The van der Waals surface area contributed by atoms with Crippen molar-refractivity contribution in [2.45, 2.75) is 51.6 Å². The van der Waals surface area contributed by atoms with Gasteiger partial charge in [-0.15, -0.1) is 0 Å². The van der Waals surface area contributed by atoms with Gasteiger partial charge in [-0.25, -0.2) is 0 Å². The zero-order chi connectivity index (χ0) is 9.84. The molecule has 0 saturated heterocycles. The fraction of sp³-hybridized carbons (Fsp3) is 0.900. The van der Waals surface area contributed by atoms with E-state index < -0.39 is 5.97 Å². The van der Waals surface area contributed by atoms with E-state index in [0.717, 1.165) is 13.0 Å². The van der Waals surface area contributed by atoms with Crippen LogP contribution in [0, 0.1) is 0 Å². The molecule has 1 rings (SSSR count). The van der Waals surface area contributed by atoms with Crippen LogP contribution < -0.4 is 0 Å². The average Bonchev–Trinajstić information content (AvgIpc) is 2.81. The van der Waals surface area contributed by atoms with Gasteiger partial charge in [-0.3, -0.25) is 9.69 Å². The third-order valence-corrected chi connectivity index (χ3v) is 2.53. The Morgan fingerprint density at radius 3 is 2.62 bits per heavy atom. The first kappa shape index (κ1) is 10.5. The molecule has 0 bridgehead atoms. The Kier molecular flexibility index (Phi) is 3.72. The maximum absolute atomic E-state index is 10.5. The maximum Gasteiger partial charge on any atom is 0.304 e. The third-order valence-electron chi connectivity index (χ3n) is 2.53. The molecule has 0 heterocycles. The summed E-state index contributed by atoms with van der Waals surface area (Å²) in [4.78, 5) is 12.9. The Labute approximate surface area is 79.7 Å². The van der Waals surface area contributed by atoms with Gasteiger partial charge in [0.2, 0.25) is 0 Å². The molecule has 1 N–H and O–H groups in total. The summed E-state index contributed by atoms with van der Waals surface area (Å²) < 4.78 is 0. The van der Waals surface area contributed by atoms with Crippen molar-refractivity contribution in [3.8, 4) is 0 Å². The van der Waals surface area contributed by atoms with Crippen molar-refractivity contribution in [3.05, 3.63) is 0 Å². The van der Waals surface area contributed by atoms with Crippen LogP contribution in [-0.4, -0.2) is 34.6 Å². The Hall–Kier alpha value is -0.570. The Morgan fingerprint density at radius 1 is 1.62 bits per heavy atom. The van der Waals surface area contributed by atoms with E-state index >= 15 is 0 Å². The van der Waals surface area contributed by atoms with Gasteiger partial charge in [-0.2, -0.15) is 0 Å². The number of carboxylic acid groups (broad SMARTS) is 1. The van der Waals surface area contributed by atoms with Gasteiger partial charge in [0.25, 0.3) is 0 Å². The van der Waals surface area contributed by atoms with Crippen LogP contribution in [0.4, 0.5) is 0 Å². The van der Waals surface area contributed by atoms with E-state index in [1.54, 1.807) is 0 Å². The highest BCUT2D eigenvalue weighted by atomic mass is 16.4. The molecule has 1 atom stereocenters. The fourth-order valence-electron chi connectivity index (χ4n) is 1.80. The van der Waals surface area contributed by atoms with E-state index in [1.807, 2.05) is 6.92 Å². The monoisotopic (exact) mass is 185 g/mol. The molecule has 1 aliphatic rings. The number of rotatable bonds is 6. The summed E-state index contributed by atoms with van der Waals surface area (Å²) in [5.74, 6) is -0.686. The lowest BCUT2D eigenvalue weighted by Crippen LogP contribution is -2.37. The van der Waals surface area contributed by atoms with Crippen molar-refractivity contribution in [1.29, 1.82) is 0 Å². The first-order valence-corrected chi connectivity index (χ1v) is 5.12. The predicted octanol–water partition coefficient (Wildman–Crippen LogP) is 1.72. The molecule has 1 fully saturated rings. The van der Waals surface area contributed by atoms with Gasteiger partial charge in [-0.05, 0) is 32.7 Å². The lowest BCUT2D eigenvalue weighted by atomic mass is 10.2. The smallest absolute Gasteiger partial charge is 0.304 e. The van der Waals surface area contributed by atoms with E-state index in [2.05, 4.69) is 11.8 Å². The quantitative estimate of drug-likeness (QED) is 0.685. The van der Waals surface area contributed by atoms with Gasteiger partial charge in [0.1, 0.15) is 0 Å². The summed E-state index contributed by atoms with van der Waals surface area (Å²) in [5.41, 5.74) is 0. The van der Waals surface area contributed by atoms with Crippen LogP contribution in [0.25, 0.3) is 0 Å². The highest BCUT2D eigenvalue weighted by Gasteiger charge is 2.31. The maximum atomic E-state index is 10.5. The minimum absolute atomic E-state index is 0.199. The minimum atomic E-state index is -0.686. The molecule has 3 heteroatoms. The van der Waals surface area contributed by atoms with Crippen LogP contribution in [0.5, 0.6) is 0 Å². The molecule has 0 radical (unpaired) electrons. The summed E-state index contributed by atoms with van der Waals surface area (Å²) >= 11 is 0. The fourth-order valence-corrected chi connectivity index (χ4v) is 1.80. The number of carbonyl (C=O) groups is 1. The van der Waals surface area contributed by atoms with E-state index in [-0.39, 0.29) is 12.5 Å². The molecule has 0 aromatic heterocycles. The topological polar surface area (TPSA) is 40.5 Å². The second kappa shape index (κ2) is 4.61. The van der Waals surface area contributed by atoms with E-state index in [9.17, 15) is 4.79 Å². The number of nitrogens with zero attached hydrogens (tertiary/aromatic N) is 1. The SMILES string of the molecule is CCCN(C(C)CC(=O)O)C1CC1. The molecule has 1 unspecified atom stereocenters. The summed E-state index contributed by atoms with van der Waals surface area (Å²) in [6.45, 7) is 5.20. The first-order chi connectivity index (χ1) is 6.15. The molecule has 0 aliphatic heterocycles. The van der Waals surface area contributed by atoms with Gasteiger partial charge >= 0.3 is 5.97 Å². The third kappa shape index (κ3) is 3.35. The molecular weight excluding hydrogens is 166 g/mol. The molecule has 1 aliphatic carbocycles. The van der Waals surface area contributed by atoms with Gasteiger partial charge in [-0.1, -0.05) is 6.92 Å². The molecule has 3 nitrogen and oxygen atoms in total. The summed E-state index contributed by atoms with van der Waals surface area (Å²) in [7, 11) is 0. The summed E-state index contributed by atoms with van der Waals surface area (Å²) in [5, 5.41) is 8.68. The highest BCUT2D eigenvalue weighted by Crippen LogP contribution is 2.29. The zero-order valence-corrected chi connectivity index (χ0v) is 8.49. The van der Waals surface area contributed by atoms with E-state index in [0.29, 0.717) is 6.04 Å². The molecular formula is C10H19NO2. The van der Waals surface area contributed by atoms with Crippen molar-refractivity contribution in [2.24, 2.45) is 0 Å². The molecule has 0 aromatic carbocycles.